The molecule has 2 N–H and O–H groups in total. The molecule has 4 nitrogen and oxygen atoms in total. The first-order valence-corrected chi connectivity index (χ1v) is 5.33. The lowest BCUT2D eigenvalue weighted by atomic mass is 10.2. The Kier molecular flexibility index (Phi) is 8.61. The molecule has 0 bridgehead atoms. The second-order valence-electron chi connectivity index (χ2n) is 3.84. The predicted molar refractivity (Wildman–Crippen MR) is 63.1 cm³/mol. The van der Waals surface area contributed by atoms with Gasteiger partial charge in [-0.05, 0) is 19.2 Å². The highest BCUT2D eigenvalue weighted by Gasteiger charge is 2.08. The Morgan fingerprint density at radius 3 is 2.80 bits per heavy atom. The standard InChI is InChI=1S/C11H24N2O2/c1-5-12-6-10(2)7-13(3)8-11(14)9-15-4/h11-12,14H,2,5-9H2,1,3-4H3. The van der Waals surface area contributed by atoms with Crippen molar-refractivity contribution >= 4 is 0 Å². The normalized spacial score (nSPS) is 13.1. The van der Waals surface area contributed by atoms with E-state index in [-0.39, 0.29) is 0 Å². The van der Waals surface area contributed by atoms with Crippen LogP contribution in [-0.2, 0) is 4.74 Å². The van der Waals surface area contributed by atoms with Gasteiger partial charge in [0.1, 0.15) is 0 Å². The second-order valence-corrected chi connectivity index (χ2v) is 3.84. The van der Waals surface area contributed by atoms with Crippen LogP contribution in [0.25, 0.3) is 0 Å². The molecule has 0 aliphatic carbocycles. The van der Waals surface area contributed by atoms with Crippen LogP contribution in [0.4, 0.5) is 0 Å². The van der Waals surface area contributed by atoms with Crippen molar-refractivity contribution < 1.29 is 9.84 Å². The number of aliphatic hydroxyl groups excluding tert-OH is 1. The minimum atomic E-state index is -0.424. The molecule has 0 saturated carbocycles. The van der Waals surface area contributed by atoms with Gasteiger partial charge in [-0.15, -0.1) is 0 Å². The van der Waals surface area contributed by atoms with Gasteiger partial charge in [0.2, 0.25) is 0 Å². The number of likely N-dealkylation sites (N-methyl/N-ethyl adjacent to an activating group) is 2. The molecule has 0 saturated heterocycles. The lowest BCUT2D eigenvalue weighted by Crippen LogP contribution is -2.34. The van der Waals surface area contributed by atoms with Crippen LogP contribution in [-0.4, -0.2) is 63.1 Å². The Morgan fingerprint density at radius 2 is 2.27 bits per heavy atom. The highest BCUT2D eigenvalue weighted by molar-refractivity contribution is 4.99. The Labute approximate surface area is 92.9 Å². The van der Waals surface area contributed by atoms with Gasteiger partial charge in [0.05, 0.1) is 12.7 Å². The average molecular weight is 216 g/mol. The molecule has 0 amide bonds. The fourth-order valence-corrected chi connectivity index (χ4v) is 1.41. The van der Waals surface area contributed by atoms with Crippen LogP contribution < -0.4 is 5.32 Å². The summed E-state index contributed by atoms with van der Waals surface area (Å²) in [7, 11) is 3.56. The predicted octanol–water partition coefficient (Wildman–Crippen LogP) is 0.0912. The van der Waals surface area contributed by atoms with Crippen LogP contribution in [0.3, 0.4) is 0 Å². The van der Waals surface area contributed by atoms with E-state index in [1.54, 1.807) is 7.11 Å². The first-order chi connectivity index (χ1) is 7.10. The highest BCUT2D eigenvalue weighted by atomic mass is 16.5. The highest BCUT2D eigenvalue weighted by Crippen LogP contribution is 1.95. The number of rotatable bonds is 9. The van der Waals surface area contributed by atoms with E-state index >= 15 is 0 Å². The van der Waals surface area contributed by atoms with E-state index in [0.29, 0.717) is 13.2 Å². The molecule has 0 fully saturated rings. The number of aliphatic hydroxyl groups is 1. The van der Waals surface area contributed by atoms with Gasteiger partial charge < -0.3 is 15.2 Å². The van der Waals surface area contributed by atoms with Gasteiger partial charge in [0.25, 0.3) is 0 Å². The van der Waals surface area contributed by atoms with Gasteiger partial charge in [-0.25, -0.2) is 0 Å². The number of hydrogen-bond acceptors (Lipinski definition) is 4. The summed E-state index contributed by atoms with van der Waals surface area (Å²) in [6.07, 6.45) is -0.424. The maximum absolute atomic E-state index is 9.50. The Balaban J connectivity index is 3.62. The molecule has 4 heteroatoms. The Hall–Kier alpha value is -0.420. The van der Waals surface area contributed by atoms with Crippen molar-refractivity contribution in [2.45, 2.75) is 13.0 Å². The molecule has 1 atom stereocenters. The summed E-state index contributed by atoms with van der Waals surface area (Å²) in [5.41, 5.74) is 1.13. The van der Waals surface area contributed by atoms with E-state index in [4.69, 9.17) is 4.74 Å². The van der Waals surface area contributed by atoms with Gasteiger partial charge in [0, 0.05) is 26.7 Å². The summed E-state index contributed by atoms with van der Waals surface area (Å²) < 4.78 is 4.86. The summed E-state index contributed by atoms with van der Waals surface area (Å²) in [4.78, 5) is 2.04. The number of methoxy groups -OCH3 is 1. The molecule has 0 heterocycles. The van der Waals surface area contributed by atoms with Crippen molar-refractivity contribution in [3.05, 3.63) is 12.2 Å². The number of nitrogens with one attached hydrogen (secondary N) is 1. The molecule has 90 valence electrons. The molecule has 0 aliphatic heterocycles. The topological polar surface area (TPSA) is 44.7 Å². The van der Waals surface area contributed by atoms with Gasteiger partial charge in [-0.3, -0.25) is 4.90 Å². The van der Waals surface area contributed by atoms with Gasteiger partial charge in [0.15, 0.2) is 0 Å². The van der Waals surface area contributed by atoms with Crippen molar-refractivity contribution in [1.82, 2.24) is 10.2 Å². The van der Waals surface area contributed by atoms with Crippen LogP contribution >= 0.6 is 0 Å². The first kappa shape index (κ1) is 14.6. The summed E-state index contributed by atoms with van der Waals surface area (Å²) in [6.45, 7) is 9.61. The quantitative estimate of drug-likeness (QED) is 0.536. The minimum absolute atomic E-state index is 0.379. The fourth-order valence-electron chi connectivity index (χ4n) is 1.41. The van der Waals surface area contributed by atoms with Gasteiger partial charge >= 0.3 is 0 Å². The van der Waals surface area contributed by atoms with Crippen molar-refractivity contribution in [2.24, 2.45) is 0 Å². The third kappa shape index (κ3) is 8.57. The molecule has 0 aromatic rings. The molecular weight excluding hydrogens is 192 g/mol. The van der Waals surface area contributed by atoms with E-state index in [9.17, 15) is 5.11 Å². The van der Waals surface area contributed by atoms with Crippen LogP contribution in [0.15, 0.2) is 12.2 Å². The smallest absolute Gasteiger partial charge is 0.0900 e. The molecule has 0 aliphatic rings. The molecule has 1 unspecified atom stereocenters. The molecule has 15 heavy (non-hydrogen) atoms. The second kappa shape index (κ2) is 8.85. The molecule has 0 aromatic heterocycles. The Bertz CT molecular complexity index is 174. The molecule has 0 aromatic carbocycles. The summed E-state index contributed by atoms with van der Waals surface area (Å²) in [5, 5.41) is 12.7. The molecule has 0 radical (unpaired) electrons. The molecular formula is C11H24N2O2. The summed E-state index contributed by atoms with van der Waals surface area (Å²) in [6, 6.07) is 0. The van der Waals surface area contributed by atoms with Crippen molar-refractivity contribution in [3.8, 4) is 0 Å². The van der Waals surface area contributed by atoms with Crippen LogP contribution in [0.5, 0.6) is 0 Å². The van der Waals surface area contributed by atoms with Gasteiger partial charge in [-0.1, -0.05) is 13.5 Å². The maximum atomic E-state index is 9.50. The van der Waals surface area contributed by atoms with Crippen LogP contribution in [0.2, 0.25) is 0 Å². The molecule has 0 rings (SSSR count). The lowest BCUT2D eigenvalue weighted by Gasteiger charge is -2.21. The van der Waals surface area contributed by atoms with E-state index in [2.05, 4.69) is 18.8 Å². The first-order valence-electron chi connectivity index (χ1n) is 5.33. The van der Waals surface area contributed by atoms with E-state index in [1.165, 1.54) is 0 Å². The number of ether oxygens (including phenoxy) is 1. The van der Waals surface area contributed by atoms with Crippen molar-refractivity contribution in [3.63, 3.8) is 0 Å². The molecule has 0 spiro atoms. The maximum Gasteiger partial charge on any atom is 0.0900 e. The summed E-state index contributed by atoms with van der Waals surface area (Å²) in [5.74, 6) is 0. The number of hydrogen-bond donors (Lipinski definition) is 2. The van der Waals surface area contributed by atoms with Crippen molar-refractivity contribution in [1.29, 1.82) is 0 Å². The average Bonchev–Trinajstić information content (AvgIpc) is 2.14. The summed E-state index contributed by atoms with van der Waals surface area (Å²) >= 11 is 0. The zero-order valence-electron chi connectivity index (χ0n) is 10.1. The lowest BCUT2D eigenvalue weighted by molar-refractivity contribution is 0.0449. The Morgan fingerprint density at radius 1 is 1.60 bits per heavy atom. The SMILES string of the molecule is C=C(CNCC)CN(C)CC(O)COC. The zero-order chi connectivity index (χ0) is 11.7. The minimum Gasteiger partial charge on any atom is -0.389 e. The largest absolute Gasteiger partial charge is 0.389 e. The van der Waals surface area contributed by atoms with Crippen LogP contribution in [0.1, 0.15) is 6.92 Å². The number of nitrogens with zero attached hydrogens (tertiary/aromatic N) is 1. The zero-order valence-corrected chi connectivity index (χ0v) is 10.1. The third-order valence-electron chi connectivity index (χ3n) is 2.00. The third-order valence-corrected chi connectivity index (χ3v) is 2.00. The van der Waals surface area contributed by atoms with E-state index < -0.39 is 6.10 Å². The van der Waals surface area contributed by atoms with Crippen LogP contribution in [0, 0.1) is 0 Å². The monoisotopic (exact) mass is 216 g/mol. The fraction of sp³-hybridized carbons (Fsp3) is 0.818. The van der Waals surface area contributed by atoms with Crippen molar-refractivity contribution in [2.75, 3.05) is 46.9 Å². The van der Waals surface area contributed by atoms with E-state index in [0.717, 1.165) is 25.2 Å². The van der Waals surface area contributed by atoms with Gasteiger partial charge in [-0.2, -0.15) is 0 Å². The van der Waals surface area contributed by atoms with E-state index in [1.807, 2.05) is 11.9 Å².